The molecule has 2 saturated heterocycles. The second-order valence-corrected chi connectivity index (χ2v) is 5.90. The first-order valence-electron chi connectivity index (χ1n) is 7.44. The van der Waals surface area contributed by atoms with Gasteiger partial charge in [0.25, 0.3) is 0 Å². The van der Waals surface area contributed by atoms with Gasteiger partial charge in [0.1, 0.15) is 0 Å². The number of hydrogen-bond acceptors (Lipinski definition) is 3. The van der Waals surface area contributed by atoms with Crippen molar-refractivity contribution in [1.29, 1.82) is 0 Å². The first kappa shape index (κ1) is 14.6. The van der Waals surface area contributed by atoms with Gasteiger partial charge in [-0.15, -0.1) is 0 Å². The Morgan fingerprint density at radius 3 is 2.42 bits per heavy atom. The van der Waals surface area contributed by atoms with Gasteiger partial charge in [0, 0.05) is 46.4 Å². The molecule has 0 saturated carbocycles. The molecule has 0 aromatic rings. The van der Waals surface area contributed by atoms with Crippen LogP contribution < -0.4 is 5.32 Å². The highest BCUT2D eigenvalue weighted by Crippen LogP contribution is 2.16. The highest BCUT2D eigenvalue weighted by atomic mass is 16.5. The number of nitrogens with zero attached hydrogens (tertiary/aromatic N) is 2. The Bertz CT molecular complexity index is 282. The van der Waals surface area contributed by atoms with Crippen LogP contribution in [0.15, 0.2) is 0 Å². The van der Waals surface area contributed by atoms with E-state index >= 15 is 0 Å². The molecule has 2 fully saturated rings. The monoisotopic (exact) mass is 269 g/mol. The molecule has 0 unspecified atom stereocenters. The largest absolute Gasteiger partial charge is 0.381 e. The number of ether oxygens (including phenoxy) is 1. The zero-order chi connectivity index (χ0) is 13.7. The van der Waals surface area contributed by atoms with Crippen LogP contribution in [-0.2, 0) is 4.74 Å². The molecule has 0 radical (unpaired) electrons. The smallest absolute Gasteiger partial charge is 0.319 e. The second kappa shape index (κ2) is 7.10. The topological polar surface area (TPSA) is 44.8 Å². The van der Waals surface area contributed by atoms with Gasteiger partial charge < -0.3 is 19.9 Å². The van der Waals surface area contributed by atoms with Crippen LogP contribution in [0.5, 0.6) is 0 Å². The van der Waals surface area contributed by atoms with Crippen molar-refractivity contribution in [3.05, 3.63) is 0 Å². The van der Waals surface area contributed by atoms with Crippen LogP contribution in [0.2, 0.25) is 0 Å². The summed E-state index contributed by atoms with van der Waals surface area (Å²) in [4.78, 5) is 15.4. The van der Waals surface area contributed by atoms with Crippen LogP contribution in [-0.4, -0.2) is 68.8 Å². The average Bonchev–Trinajstić information content (AvgIpc) is 2.46. The summed E-state index contributed by atoms with van der Waals surface area (Å²) in [7, 11) is 3.63. The molecule has 0 bridgehead atoms. The fraction of sp³-hybridized carbons (Fsp3) is 0.929. The zero-order valence-electron chi connectivity index (χ0n) is 12.2. The van der Waals surface area contributed by atoms with E-state index in [1.54, 1.807) is 4.90 Å². The van der Waals surface area contributed by atoms with E-state index in [0.29, 0.717) is 6.04 Å². The third-order valence-electron chi connectivity index (χ3n) is 4.18. The molecule has 19 heavy (non-hydrogen) atoms. The molecule has 2 amide bonds. The molecule has 0 spiro atoms. The van der Waals surface area contributed by atoms with Gasteiger partial charge in [-0.05, 0) is 38.1 Å². The van der Waals surface area contributed by atoms with Crippen LogP contribution in [0.4, 0.5) is 4.79 Å². The Morgan fingerprint density at radius 1 is 1.21 bits per heavy atom. The van der Waals surface area contributed by atoms with E-state index < -0.39 is 0 Å². The number of carbonyl (C=O) groups is 1. The normalized spacial score (nSPS) is 22.5. The van der Waals surface area contributed by atoms with E-state index in [1.165, 1.54) is 12.8 Å². The number of carbonyl (C=O) groups excluding carboxylic acids is 1. The minimum atomic E-state index is 0.142. The summed E-state index contributed by atoms with van der Waals surface area (Å²) in [5, 5.41) is 3.67. The summed E-state index contributed by atoms with van der Waals surface area (Å²) < 4.78 is 5.38. The van der Waals surface area contributed by atoms with Gasteiger partial charge in [-0.25, -0.2) is 4.79 Å². The van der Waals surface area contributed by atoms with Crippen molar-refractivity contribution in [1.82, 2.24) is 15.1 Å². The van der Waals surface area contributed by atoms with Crippen LogP contribution in [0.3, 0.4) is 0 Å². The summed E-state index contributed by atoms with van der Waals surface area (Å²) in [6.07, 6.45) is 4.52. The summed E-state index contributed by atoms with van der Waals surface area (Å²) in [5.74, 6) is 0.773. The summed E-state index contributed by atoms with van der Waals surface area (Å²) in [6, 6.07) is 0.719. The molecule has 5 nitrogen and oxygen atoms in total. The van der Waals surface area contributed by atoms with Crippen molar-refractivity contribution >= 4 is 6.03 Å². The predicted octanol–water partition coefficient (Wildman–Crippen LogP) is 1.15. The number of nitrogens with one attached hydrogen (secondary N) is 1. The van der Waals surface area contributed by atoms with Gasteiger partial charge in [-0.1, -0.05) is 0 Å². The number of piperidine rings is 1. The Kier molecular flexibility index (Phi) is 5.45. The summed E-state index contributed by atoms with van der Waals surface area (Å²) >= 11 is 0. The lowest BCUT2D eigenvalue weighted by Crippen LogP contribution is -2.48. The van der Waals surface area contributed by atoms with Crippen molar-refractivity contribution < 1.29 is 9.53 Å². The Labute approximate surface area is 116 Å². The molecule has 2 aliphatic heterocycles. The quantitative estimate of drug-likeness (QED) is 0.836. The fourth-order valence-corrected chi connectivity index (χ4v) is 2.84. The van der Waals surface area contributed by atoms with Gasteiger partial charge >= 0.3 is 6.03 Å². The molecule has 5 heteroatoms. The van der Waals surface area contributed by atoms with Crippen LogP contribution >= 0.6 is 0 Å². The van der Waals surface area contributed by atoms with E-state index in [-0.39, 0.29) is 6.03 Å². The molecule has 2 heterocycles. The SMILES string of the molecule is CN(C)C(=O)N1CCC(NCC2CCOCC2)CC1. The number of rotatable bonds is 3. The average molecular weight is 269 g/mol. The maximum absolute atomic E-state index is 11.8. The van der Waals surface area contributed by atoms with Gasteiger partial charge in [0.05, 0.1) is 0 Å². The minimum Gasteiger partial charge on any atom is -0.381 e. The minimum absolute atomic E-state index is 0.142. The van der Waals surface area contributed by atoms with E-state index in [9.17, 15) is 4.79 Å². The van der Waals surface area contributed by atoms with Crippen LogP contribution in [0.1, 0.15) is 25.7 Å². The maximum Gasteiger partial charge on any atom is 0.319 e. The van der Waals surface area contributed by atoms with Gasteiger partial charge in [0.15, 0.2) is 0 Å². The van der Waals surface area contributed by atoms with E-state index in [1.807, 2.05) is 19.0 Å². The third kappa shape index (κ3) is 4.35. The summed E-state index contributed by atoms with van der Waals surface area (Å²) in [6.45, 7) is 4.70. The van der Waals surface area contributed by atoms with Crippen LogP contribution in [0, 0.1) is 5.92 Å². The lowest BCUT2D eigenvalue weighted by Gasteiger charge is -2.35. The lowest BCUT2D eigenvalue weighted by atomic mass is 9.98. The molecule has 0 aromatic heterocycles. The second-order valence-electron chi connectivity index (χ2n) is 5.90. The van der Waals surface area contributed by atoms with E-state index in [4.69, 9.17) is 4.74 Å². The fourth-order valence-electron chi connectivity index (χ4n) is 2.84. The standard InChI is InChI=1S/C14H27N3O2/c1-16(2)14(18)17-7-3-13(4-8-17)15-11-12-5-9-19-10-6-12/h12-13,15H,3-11H2,1-2H3. The molecular weight excluding hydrogens is 242 g/mol. The molecule has 110 valence electrons. The first-order valence-corrected chi connectivity index (χ1v) is 7.44. The summed E-state index contributed by atoms with van der Waals surface area (Å²) in [5.41, 5.74) is 0. The third-order valence-corrected chi connectivity index (χ3v) is 4.18. The molecule has 2 aliphatic rings. The molecule has 0 aliphatic carbocycles. The van der Waals surface area contributed by atoms with Crippen molar-refractivity contribution in [3.8, 4) is 0 Å². The lowest BCUT2D eigenvalue weighted by molar-refractivity contribution is 0.0644. The van der Waals surface area contributed by atoms with Crippen molar-refractivity contribution in [2.75, 3.05) is 46.9 Å². The zero-order valence-corrected chi connectivity index (χ0v) is 12.2. The Hall–Kier alpha value is -0.810. The molecule has 0 aromatic carbocycles. The van der Waals surface area contributed by atoms with Gasteiger partial charge in [-0.3, -0.25) is 0 Å². The number of hydrogen-bond donors (Lipinski definition) is 1. The Morgan fingerprint density at radius 2 is 1.84 bits per heavy atom. The highest BCUT2D eigenvalue weighted by Gasteiger charge is 2.24. The van der Waals surface area contributed by atoms with Gasteiger partial charge in [-0.2, -0.15) is 0 Å². The van der Waals surface area contributed by atoms with Gasteiger partial charge in [0.2, 0.25) is 0 Å². The van der Waals surface area contributed by atoms with Crippen molar-refractivity contribution in [2.24, 2.45) is 5.92 Å². The predicted molar refractivity (Wildman–Crippen MR) is 75.2 cm³/mol. The van der Waals surface area contributed by atoms with E-state index in [2.05, 4.69) is 5.32 Å². The highest BCUT2D eigenvalue weighted by molar-refractivity contribution is 5.73. The van der Waals surface area contributed by atoms with Crippen LogP contribution in [0.25, 0.3) is 0 Å². The van der Waals surface area contributed by atoms with E-state index in [0.717, 1.165) is 51.6 Å². The molecule has 1 N–H and O–H groups in total. The Balaban J connectivity index is 1.64. The van der Waals surface area contributed by atoms with Crippen molar-refractivity contribution in [3.63, 3.8) is 0 Å². The molecular formula is C14H27N3O2. The molecule has 2 rings (SSSR count). The number of urea groups is 1. The maximum atomic E-state index is 11.8. The van der Waals surface area contributed by atoms with Crippen molar-refractivity contribution in [2.45, 2.75) is 31.7 Å². The molecule has 0 atom stereocenters. The number of likely N-dealkylation sites (tertiary alicyclic amines) is 1. The first-order chi connectivity index (χ1) is 9.16. The number of amides is 2.